The number of halogens is 1. The summed E-state index contributed by atoms with van der Waals surface area (Å²) in [5, 5.41) is 3.23. The molecule has 0 bridgehead atoms. The number of carbonyl (C=O) groups excluding carboxylic acids is 2. The van der Waals surface area contributed by atoms with Crippen molar-refractivity contribution in [1.29, 1.82) is 0 Å². The first-order valence-electron chi connectivity index (χ1n) is 8.59. The minimum atomic E-state index is 0. The van der Waals surface area contributed by atoms with Crippen LogP contribution in [0.4, 0.5) is 0 Å². The standard InChI is InChI=1S/C18H28N4O2.ClH/c1-3-21(13-16-7-5-4-6-8-16)17(23)14-20(2)15-18(24)22-11-9-19-10-12-22;/h4-8,19H,3,9-15H2,1-2H3;1H. The van der Waals surface area contributed by atoms with Crippen molar-refractivity contribution in [3.8, 4) is 0 Å². The van der Waals surface area contributed by atoms with Crippen LogP contribution < -0.4 is 5.32 Å². The summed E-state index contributed by atoms with van der Waals surface area (Å²) in [6.45, 7) is 6.97. The molecule has 1 fully saturated rings. The second-order valence-electron chi connectivity index (χ2n) is 6.20. The molecule has 1 aliphatic rings. The van der Waals surface area contributed by atoms with E-state index in [0.717, 1.165) is 31.7 Å². The Hall–Kier alpha value is -1.63. The first-order valence-corrected chi connectivity index (χ1v) is 8.59. The number of likely N-dealkylation sites (N-methyl/N-ethyl adjacent to an activating group) is 2. The maximum Gasteiger partial charge on any atom is 0.237 e. The average molecular weight is 369 g/mol. The summed E-state index contributed by atoms with van der Waals surface area (Å²) in [5.74, 6) is 0.148. The molecule has 1 heterocycles. The number of amides is 2. The van der Waals surface area contributed by atoms with E-state index in [1.165, 1.54) is 0 Å². The Morgan fingerprint density at radius 3 is 2.36 bits per heavy atom. The van der Waals surface area contributed by atoms with Gasteiger partial charge in [0.2, 0.25) is 11.8 Å². The van der Waals surface area contributed by atoms with Gasteiger partial charge in [0.25, 0.3) is 0 Å². The van der Waals surface area contributed by atoms with Gasteiger partial charge in [-0.15, -0.1) is 12.4 Å². The Bertz CT molecular complexity index is 535. The van der Waals surface area contributed by atoms with Gasteiger partial charge in [0.15, 0.2) is 0 Å². The van der Waals surface area contributed by atoms with E-state index in [0.29, 0.717) is 13.1 Å². The molecular formula is C18H29ClN4O2. The van der Waals surface area contributed by atoms with Crippen molar-refractivity contribution in [1.82, 2.24) is 20.0 Å². The van der Waals surface area contributed by atoms with E-state index in [4.69, 9.17) is 0 Å². The average Bonchev–Trinajstić information content (AvgIpc) is 2.61. The maximum absolute atomic E-state index is 12.5. The van der Waals surface area contributed by atoms with Crippen molar-refractivity contribution in [3.63, 3.8) is 0 Å². The molecule has 1 aromatic carbocycles. The number of nitrogens with zero attached hydrogens (tertiary/aromatic N) is 3. The molecule has 2 rings (SSSR count). The van der Waals surface area contributed by atoms with E-state index < -0.39 is 0 Å². The first-order chi connectivity index (χ1) is 11.6. The van der Waals surface area contributed by atoms with E-state index in [1.54, 1.807) is 4.90 Å². The Balaban J connectivity index is 0.00000312. The van der Waals surface area contributed by atoms with Gasteiger partial charge in [0.05, 0.1) is 13.1 Å². The summed E-state index contributed by atoms with van der Waals surface area (Å²) < 4.78 is 0. The molecule has 0 saturated carbocycles. The van der Waals surface area contributed by atoms with E-state index in [2.05, 4.69) is 5.32 Å². The molecule has 7 heteroatoms. The molecule has 25 heavy (non-hydrogen) atoms. The fourth-order valence-electron chi connectivity index (χ4n) is 2.81. The zero-order valence-corrected chi connectivity index (χ0v) is 15.9. The van der Waals surface area contributed by atoms with E-state index in [-0.39, 0.29) is 37.3 Å². The second kappa shape index (κ2) is 11.1. The SMILES string of the molecule is CCN(Cc1ccccc1)C(=O)CN(C)CC(=O)N1CCNCC1.Cl. The van der Waals surface area contributed by atoms with Gasteiger partial charge in [-0.2, -0.15) is 0 Å². The molecular weight excluding hydrogens is 340 g/mol. The summed E-state index contributed by atoms with van der Waals surface area (Å²) in [6.07, 6.45) is 0. The van der Waals surface area contributed by atoms with Crippen LogP contribution in [-0.2, 0) is 16.1 Å². The third kappa shape index (κ3) is 7.02. The Morgan fingerprint density at radius 2 is 1.76 bits per heavy atom. The summed E-state index contributed by atoms with van der Waals surface area (Å²) in [5.41, 5.74) is 1.12. The van der Waals surface area contributed by atoms with Crippen molar-refractivity contribution in [3.05, 3.63) is 35.9 Å². The van der Waals surface area contributed by atoms with Gasteiger partial charge in [-0.3, -0.25) is 14.5 Å². The molecule has 1 aliphatic heterocycles. The topological polar surface area (TPSA) is 55.9 Å². The molecule has 2 amide bonds. The lowest BCUT2D eigenvalue weighted by Crippen LogP contribution is -2.50. The molecule has 0 radical (unpaired) electrons. The number of benzene rings is 1. The minimum absolute atomic E-state index is 0. The maximum atomic E-state index is 12.5. The second-order valence-corrected chi connectivity index (χ2v) is 6.20. The van der Waals surface area contributed by atoms with Gasteiger partial charge in [0.1, 0.15) is 0 Å². The van der Waals surface area contributed by atoms with Crippen molar-refractivity contribution in [2.24, 2.45) is 0 Å². The van der Waals surface area contributed by atoms with Gasteiger partial charge in [0, 0.05) is 39.3 Å². The van der Waals surface area contributed by atoms with Crippen molar-refractivity contribution in [2.75, 3.05) is 52.9 Å². The van der Waals surface area contributed by atoms with Gasteiger partial charge in [-0.1, -0.05) is 30.3 Å². The lowest BCUT2D eigenvalue weighted by atomic mass is 10.2. The van der Waals surface area contributed by atoms with Crippen LogP contribution in [0.1, 0.15) is 12.5 Å². The molecule has 0 unspecified atom stereocenters. The number of piperazine rings is 1. The number of carbonyl (C=O) groups is 2. The van der Waals surface area contributed by atoms with Crippen LogP contribution in [0.15, 0.2) is 30.3 Å². The molecule has 6 nitrogen and oxygen atoms in total. The Kier molecular flexibility index (Phi) is 9.49. The fourth-order valence-corrected chi connectivity index (χ4v) is 2.81. The third-order valence-electron chi connectivity index (χ3n) is 4.23. The molecule has 0 spiro atoms. The summed E-state index contributed by atoms with van der Waals surface area (Å²) >= 11 is 0. The van der Waals surface area contributed by atoms with Crippen LogP contribution in [0.2, 0.25) is 0 Å². The molecule has 1 saturated heterocycles. The fraction of sp³-hybridized carbons (Fsp3) is 0.556. The van der Waals surface area contributed by atoms with Crippen LogP contribution in [0.25, 0.3) is 0 Å². The minimum Gasteiger partial charge on any atom is -0.339 e. The number of hydrogen-bond donors (Lipinski definition) is 1. The molecule has 0 aromatic heterocycles. The number of rotatable bonds is 7. The first kappa shape index (κ1) is 21.4. The smallest absolute Gasteiger partial charge is 0.237 e. The largest absolute Gasteiger partial charge is 0.339 e. The highest BCUT2D eigenvalue weighted by atomic mass is 35.5. The summed E-state index contributed by atoms with van der Waals surface area (Å²) in [4.78, 5) is 30.2. The van der Waals surface area contributed by atoms with Crippen molar-refractivity contribution in [2.45, 2.75) is 13.5 Å². The third-order valence-corrected chi connectivity index (χ3v) is 4.23. The van der Waals surface area contributed by atoms with E-state index >= 15 is 0 Å². The molecule has 0 aliphatic carbocycles. The Morgan fingerprint density at radius 1 is 1.12 bits per heavy atom. The van der Waals surface area contributed by atoms with Gasteiger partial charge in [-0.05, 0) is 19.5 Å². The van der Waals surface area contributed by atoms with E-state index in [9.17, 15) is 9.59 Å². The lowest BCUT2D eigenvalue weighted by molar-refractivity contribution is -0.135. The van der Waals surface area contributed by atoms with Crippen LogP contribution in [-0.4, -0.2) is 79.4 Å². The Labute approximate surface area is 156 Å². The summed E-state index contributed by atoms with van der Waals surface area (Å²) in [6, 6.07) is 9.97. The highest BCUT2D eigenvalue weighted by Gasteiger charge is 2.20. The van der Waals surface area contributed by atoms with Crippen LogP contribution in [0, 0.1) is 0 Å². The highest BCUT2D eigenvalue weighted by Crippen LogP contribution is 2.05. The van der Waals surface area contributed by atoms with Gasteiger partial charge < -0.3 is 15.1 Å². The van der Waals surface area contributed by atoms with E-state index in [1.807, 2.05) is 54.1 Å². The molecule has 140 valence electrons. The lowest BCUT2D eigenvalue weighted by Gasteiger charge is -2.30. The summed E-state index contributed by atoms with van der Waals surface area (Å²) in [7, 11) is 1.83. The molecule has 1 N–H and O–H groups in total. The van der Waals surface area contributed by atoms with Crippen LogP contribution in [0.5, 0.6) is 0 Å². The number of hydrogen-bond acceptors (Lipinski definition) is 4. The zero-order valence-electron chi connectivity index (χ0n) is 15.1. The normalized spacial score (nSPS) is 14.1. The van der Waals surface area contributed by atoms with Crippen LogP contribution in [0.3, 0.4) is 0 Å². The predicted molar refractivity (Wildman–Crippen MR) is 102 cm³/mol. The van der Waals surface area contributed by atoms with Crippen molar-refractivity contribution < 1.29 is 9.59 Å². The van der Waals surface area contributed by atoms with Crippen LogP contribution >= 0.6 is 12.4 Å². The quantitative estimate of drug-likeness (QED) is 0.774. The highest BCUT2D eigenvalue weighted by molar-refractivity contribution is 5.85. The number of nitrogens with one attached hydrogen (secondary N) is 1. The van der Waals surface area contributed by atoms with Gasteiger partial charge >= 0.3 is 0 Å². The predicted octanol–water partition coefficient (Wildman–Crippen LogP) is 0.821. The monoisotopic (exact) mass is 368 g/mol. The molecule has 1 aromatic rings. The van der Waals surface area contributed by atoms with Crippen molar-refractivity contribution >= 4 is 24.2 Å². The zero-order chi connectivity index (χ0) is 17.4. The molecule has 0 atom stereocenters. The van der Waals surface area contributed by atoms with Gasteiger partial charge in [-0.25, -0.2) is 0 Å².